The Morgan fingerprint density at radius 1 is 0.971 bits per heavy atom. The van der Waals surface area contributed by atoms with Crippen molar-refractivity contribution in [3.05, 3.63) is 94.4 Å². The highest BCUT2D eigenvalue weighted by atomic mass is 32.2. The summed E-state index contributed by atoms with van der Waals surface area (Å²) in [5, 5.41) is 22.7. The van der Waals surface area contributed by atoms with Crippen LogP contribution >= 0.6 is 35.3 Å². The van der Waals surface area contributed by atoms with Crippen molar-refractivity contribution in [1.82, 2.24) is 4.98 Å². The number of anilines is 3. The van der Waals surface area contributed by atoms with Gasteiger partial charge < -0.3 is 16.0 Å². The van der Waals surface area contributed by atoms with Crippen LogP contribution in [0.5, 0.6) is 0 Å². The van der Waals surface area contributed by atoms with E-state index in [2.05, 4.69) is 20.9 Å². The molecular formula is C24H19N5O3S3. The molecule has 8 nitrogen and oxygen atoms in total. The average Bonchev–Trinajstić information content (AvgIpc) is 3.32. The van der Waals surface area contributed by atoms with E-state index in [0.717, 1.165) is 16.3 Å². The lowest BCUT2D eigenvalue weighted by molar-refractivity contribution is -0.384. The number of para-hydroxylation sites is 1. The molecule has 0 bridgehead atoms. The summed E-state index contributed by atoms with van der Waals surface area (Å²) < 4.78 is 0. The summed E-state index contributed by atoms with van der Waals surface area (Å²) in [5.41, 5.74) is 2.93. The third-order valence-electron chi connectivity index (χ3n) is 4.62. The van der Waals surface area contributed by atoms with Crippen molar-refractivity contribution < 1.29 is 9.72 Å². The number of thiazole rings is 1. The maximum Gasteiger partial charge on any atom is 0.270 e. The van der Waals surface area contributed by atoms with Gasteiger partial charge in [-0.3, -0.25) is 14.9 Å². The highest BCUT2D eigenvalue weighted by Crippen LogP contribution is 2.28. The van der Waals surface area contributed by atoms with Gasteiger partial charge in [0.15, 0.2) is 10.2 Å². The zero-order valence-corrected chi connectivity index (χ0v) is 20.6. The topological polar surface area (TPSA) is 109 Å². The molecule has 4 aromatic rings. The molecule has 3 N–H and O–H groups in total. The molecule has 176 valence electrons. The van der Waals surface area contributed by atoms with Crippen molar-refractivity contribution in [3.8, 4) is 11.3 Å². The number of hydrogen-bond donors (Lipinski definition) is 3. The van der Waals surface area contributed by atoms with E-state index >= 15 is 0 Å². The molecule has 3 aromatic carbocycles. The highest BCUT2D eigenvalue weighted by molar-refractivity contribution is 8.00. The quantitative estimate of drug-likeness (QED) is 0.108. The van der Waals surface area contributed by atoms with Crippen molar-refractivity contribution in [1.29, 1.82) is 0 Å². The molecule has 0 unspecified atom stereocenters. The molecule has 1 aromatic heterocycles. The van der Waals surface area contributed by atoms with Crippen LogP contribution < -0.4 is 16.0 Å². The fourth-order valence-corrected chi connectivity index (χ4v) is 4.67. The molecule has 0 saturated heterocycles. The van der Waals surface area contributed by atoms with Gasteiger partial charge in [-0.25, -0.2) is 4.98 Å². The van der Waals surface area contributed by atoms with Crippen LogP contribution in [0, 0.1) is 10.1 Å². The molecular weight excluding hydrogens is 502 g/mol. The predicted octanol–water partition coefficient (Wildman–Crippen LogP) is 6.26. The number of nitrogens with one attached hydrogen (secondary N) is 3. The van der Waals surface area contributed by atoms with E-state index in [1.165, 1.54) is 35.2 Å². The van der Waals surface area contributed by atoms with Gasteiger partial charge in [0.2, 0.25) is 5.91 Å². The average molecular weight is 522 g/mol. The van der Waals surface area contributed by atoms with E-state index in [1.54, 1.807) is 17.5 Å². The first-order valence-electron chi connectivity index (χ1n) is 10.3. The lowest BCUT2D eigenvalue weighted by Crippen LogP contribution is -2.18. The number of non-ortho nitro benzene ring substituents is 1. The first kappa shape index (κ1) is 24.3. The summed E-state index contributed by atoms with van der Waals surface area (Å²) in [6.45, 7) is 0. The summed E-state index contributed by atoms with van der Waals surface area (Å²) in [7, 11) is 0. The van der Waals surface area contributed by atoms with Gasteiger partial charge in [0.25, 0.3) is 5.69 Å². The van der Waals surface area contributed by atoms with Crippen LogP contribution in [0.2, 0.25) is 0 Å². The van der Waals surface area contributed by atoms with Crippen LogP contribution in [-0.2, 0) is 4.79 Å². The van der Waals surface area contributed by atoms with Gasteiger partial charge in [0, 0.05) is 39.3 Å². The molecule has 0 aliphatic carbocycles. The summed E-state index contributed by atoms with van der Waals surface area (Å²) >= 11 is 8.00. The monoisotopic (exact) mass is 521 g/mol. The number of thioether (sulfide) groups is 1. The van der Waals surface area contributed by atoms with Gasteiger partial charge in [0.05, 0.1) is 16.4 Å². The van der Waals surface area contributed by atoms with Gasteiger partial charge in [-0.05, 0) is 48.6 Å². The Morgan fingerprint density at radius 2 is 1.69 bits per heavy atom. The molecule has 0 atom stereocenters. The minimum Gasteiger partial charge on any atom is -0.332 e. The van der Waals surface area contributed by atoms with E-state index in [4.69, 9.17) is 12.2 Å². The maximum absolute atomic E-state index is 12.4. The maximum atomic E-state index is 12.4. The van der Waals surface area contributed by atoms with Crippen LogP contribution in [-0.4, -0.2) is 26.7 Å². The van der Waals surface area contributed by atoms with Crippen LogP contribution in [0.4, 0.5) is 22.2 Å². The first-order chi connectivity index (χ1) is 17.0. The third-order valence-corrected chi connectivity index (χ3v) is 6.59. The molecule has 0 radical (unpaired) electrons. The van der Waals surface area contributed by atoms with Gasteiger partial charge in [-0.1, -0.05) is 30.3 Å². The van der Waals surface area contributed by atoms with E-state index < -0.39 is 4.92 Å². The molecule has 1 heterocycles. The molecule has 35 heavy (non-hydrogen) atoms. The Labute approximate surface area is 215 Å². The minimum absolute atomic E-state index is 0.00650. The van der Waals surface area contributed by atoms with Gasteiger partial charge in [-0.2, -0.15) is 0 Å². The number of hydrogen-bond acceptors (Lipinski definition) is 7. The number of nitro groups is 1. The van der Waals surface area contributed by atoms with Crippen molar-refractivity contribution in [3.63, 3.8) is 0 Å². The molecule has 0 saturated carbocycles. The van der Waals surface area contributed by atoms with Crippen molar-refractivity contribution in [2.75, 3.05) is 21.7 Å². The molecule has 0 aliphatic heterocycles. The number of carbonyl (C=O) groups excluding carboxylic acids is 1. The third kappa shape index (κ3) is 7.09. The Balaban J connectivity index is 1.26. The number of thiocarbonyl (C=S) groups is 1. The van der Waals surface area contributed by atoms with Crippen LogP contribution in [0.25, 0.3) is 11.3 Å². The predicted molar refractivity (Wildman–Crippen MR) is 146 cm³/mol. The van der Waals surface area contributed by atoms with Crippen LogP contribution in [0.15, 0.2) is 89.1 Å². The second kappa shape index (κ2) is 11.6. The highest BCUT2D eigenvalue weighted by Gasteiger charge is 2.12. The van der Waals surface area contributed by atoms with E-state index in [9.17, 15) is 14.9 Å². The van der Waals surface area contributed by atoms with Gasteiger partial charge in [-0.15, -0.1) is 23.1 Å². The number of amides is 1. The fourth-order valence-electron chi connectivity index (χ4n) is 3.00. The molecule has 0 spiro atoms. The standard InChI is InChI=1S/C24H19N5O3S3/c30-22(28-24-27-21(14-35-24)16-5-4-8-19(13-16)29(31)32)15-34-20-11-9-18(10-12-20)26-23(33)25-17-6-2-1-3-7-17/h1-14H,15H2,(H2,25,26,33)(H,27,28,30). The second-order valence-electron chi connectivity index (χ2n) is 7.15. The molecule has 1 amide bonds. The van der Waals surface area contributed by atoms with E-state index in [1.807, 2.05) is 54.6 Å². The van der Waals surface area contributed by atoms with Crippen LogP contribution in [0.3, 0.4) is 0 Å². The molecule has 4 rings (SSSR count). The molecule has 0 fully saturated rings. The number of rotatable bonds is 8. The van der Waals surface area contributed by atoms with Crippen LogP contribution in [0.1, 0.15) is 0 Å². The van der Waals surface area contributed by atoms with Crippen molar-refractivity contribution >= 4 is 68.5 Å². The van der Waals surface area contributed by atoms with Gasteiger partial charge >= 0.3 is 0 Å². The largest absolute Gasteiger partial charge is 0.332 e. The lowest BCUT2D eigenvalue weighted by Gasteiger charge is -2.11. The normalized spacial score (nSPS) is 10.4. The number of nitrogens with zero attached hydrogens (tertiary/aromatic N) is 2. The molecule has 11 heteroatoms. The summed E-state index contributed by atoms with van der Waals surface area (Å²) in [6.07, 6.45) is 0. The lowest BCUT2D eigenvalue weighted by atomic mass is 10.1. The number of nitro benzene ring substituents is 1. The zero-order valence-electron chi connectivity index (χ0n) is 18.1. The molecule has 0 aliphatic rings. The van der Waals surface area contributed by atoms with Crippen molar-refractivity contribution in [2.24, 2.45) is 0 Å². The Bertz CT molecular complexity index is 1340. The zero-order chi connectivity index (χ0) is 24.6. The Kier molecular flexibility index (Phi) is 8.03. The smallest absolute Gasteiger partial charge is 0.270 e. The van der Waals surface area contributed by atoms with Crippen molar-refractivity contribution in [2.45, 2.75) is 4.90 Å². The summed E-state index contributed by atoms with van der Waals surface area (Å²) in [5.74, 6) is 0.0253. The van der Waals surface area contributed by atoms with E-state index in [0.29, 0.717) is 21.5 Å². The number of benzene rings is 3. The fraction of sp³-hybridized carbons (Fsp3) is 0.0417. The number of aromatic nitrogens is 1. The number of carbonyl (C=O) groups is 1. The summed E-state index contributed by atoms with van der Waals surface area (Å²) in [6, 6.07) is 23.5. The Morgan fingerprint density at radius 3 is 2.40 bits per heavy atom. The SMILES string of the molecule is O=C(CSc1ccc(NC(=S)Nc2ccccc2)cc1)Nc1nc(-c2cccc([N+](=O)[O-])c2)cs1. The summed E-state index contributed by atoms with van der Waals surface area (Å²) in [4.78, 5) is 28.2. The minimum atomic E-state index is -0.450. The Hall–Kier alpha value is -3.80. The first-order valence-corrected chi connectivity index (χ1v) is 12.6. The second-order valence-corrected chi connectivity index (χ2v) is 9.47. The van der Waals surface area contributed by atoms with Gasteiger partial charge in [0.1, 0.15) is 0 Å². The van der Waals surface area contributed by atoms with E-state index in [-0.39, 0.29) is 17.3 Å².